The Morgan fingerprint density at radius 2 is 1.41 bits per heavy atom. The number of rotatable bonds is 5. The fourth-order valence-corrected chi connectivity index (χ4v) is 3.53. The Hall–Kier alpha value is -1.10. The van der Waals surface area contributed by atoms with E-state index >= 15 is 0 Å². The molecule has 122 valence electrons. The minimum absolute atomic E-state index is 0.276. The Kier molecular flexibility index (Phi) is 5.70. The maximum atomic E-state index is 8.99. The molecule has 4 heteroatoms. The number of hydrogen-bond acceptors (Lipinski definition) is 4. The Bertz CT molecular complexity index is 434. The second kappa shape index (κ2) is 7.95. The van der Waals surface area contributed by atoms with Crippen molar-refractivity contribution < 1.29 is 5.11 Å². The highest BCUT2D eigenvalue weighted by molar-refractivity contribution is 5.47. The van der Waals surface area contributed by atoms with Crippen LogP contribution in [0, 0.1) is 0 Å². The number of aliphatic hydroxyl groups is 1. The van der Waals surface area contributed by atoms with Gasteiger partial charge in [0.15, 0.2) is 0 Å². The van der Waals surface area contributed by atoms with Crippen LogP contribution < -0.4 is 4.90 Å². The quantitative estimate of drug-likeness (QED) is 0.898. The van der Waals surface area contributed by atoms with Crippen molar-refractivity contribution >= 4 is 5.69 Å². The Labute approximate surface area is 134 Å². The summed E-state index contributed by atoms with van der Waals surface area (Å²) in [7, 11) is 0. The van der Waals surface area contributed by atoms with Crippen molar-refractivity contribution in [3.05, 3.63) is 29.8 Å². The summed E-state index contributed by atoms with van der Waals surface area (Å²) in [5.41, 5.74) is 2.80. The highest BCUT2D eigenvalue weighted by Crippen LogP contribution is 2.20. The maximum absolute atomic E-state index is 8.99. The van der Waals surface area contributed by atoms with Gasteiger partial charge in [-0.25, -0.2) is 0 Å². The molecule has 0 bridgehead atoms. The van der Waals surface area contributed by atoms with Gasteiger partial charge in [0.1, 0.15) is 0 Å². The zero-order valence-corrected chi connectivity index (χ0v) is 13.6. The lowest BCUT2D eigenvalue weighted by molar-refractivity contribution is 0.108. The molecule has 2 saturated heterocycles. The molecular formula is C18H29N3O. The van der Waals surface area contributed by atoms with Crippen molar-refractivity contribution in [2.75, 3.05) is 57.3 Å². The zero-order valence-electron chi connectivity index (χ0n) is 13.6. The molecule has 3 rings (SSSR count). The Morgan fingerprint density at radius 1 is 0.773 bits per heavy atom. The van der Waals surface area contributed by atoms with Crippen molar-refractivity contribution in [3.8, 4) is 0 Å². The van der Waals surface area contributed by atoms with Crippen molar-refractivity contribution in [1.82, 2.24) is 9.80 Å². The van der Waals surface area contributed by atoms with Crippen LogP contribution in [-0.2, 0) is 6.54 Å². The van der Waals surface area contributed by atoms with Gasteiger partial charge in [-0.1, -0.05) is 12.1 Å². The summed E-state index contributed by atoms with van der Waals surface area (Å²) in [6.45, 7) is 8.93. The smallest absolute Gasteiger partial charge is 0.0558 e. The molecule has 1 aromatic rings. The average Bonchev–Trinajstić information content (AvgIpc) is 2.58. The van der Waals surface area contributed by atoms with E-state index in [1.54, 1.807) is 0 Å². The van der Waals surface area contributed by atoms with Crippen LogP contribution in [0.4, 0.5) is 5.69 Å². The van der Waals surface area contributed by atoms with Crippen LogP contribution in [-0.4, -0.2) is 67.3 Å². The number of anilines is 1. The molecule has 0 amide bonds. The van der Waals surface area contributed by atoms with Gasteiger partial charge in [-0.2, -0.15) is 0 Å². The van der Waals surface area contributed by atoms with E-state index < -0.39 is 0 Å². The maximum Gasteiger partial charge on any atom is 0.0558 e. The van der Waals surface area contributed by atoms with Gasteiger partial charge in [-0.15, -0.1) is 0 Å². The fraction of sp³-hybridized carbons (Fsp3) is 0.667. The number of β-amino-alcohol motifs (C(OH)–C–C–N with tert-alkyl or cyclic N) is 1. The third kappa shape index (κ3) is 4.22. The normalized spacial score (nSPS) is 21.2. The summed E-state index contributed by atoms with van der Waals surface area (Å²) < 4.78 is 0. The van der Waals surface area contributed by atoms with E-state index in [2.05, 4.69) is 39.0 Å². The molecule has 2 fully saturated rings. The van der Waals surface area contributed by atoms with Crippen LogP contribution in [0.15, 0.2) is 24.3 Å². The number of piperidine rings is 1. The van der Waals surface area contributed by atoms with Crippen LogP contribution in [0.2, 0.25) is 0 Å². The summed E-state index contributed by atoms with van der Waals surface area (Å²) in [5, 5.41) is 8.99. The van der Waals surface area contributed by atoms with Gasteiger partial charge in [0.05, 0.1) is 6.61 Å². The lowest BCUT2D eigenvalue weighted by Gasteiger charge is -2.34. The van der Waals surface area contributed by atoms with Gasteiger partial charge in [0.25, 0.3) is 0 Å². The van der Waals surface area contributed by atoms with Gasteiger partial charge in [0.2, 0.25) is 0 Å². The van der Waals surface area contributed by atoms with Gasteiger partial charge >= 0.3 is 0 Å². The second-order valence-electron chi connectivity index (χ2n) is 6.56. The van der Waals surface area contributed by atoms with Crippen LogP contribution in [0.3, 0.4) is 0 Å². The van der Waals surface area contributed by atoms with E-state index in [0.717, 1.165) is 39.3 Å². The first-order valence-electron chi connectivity index (χ1n) is 8.74. The summed E-state index contributed by atoms with van der Waals surface area (Å²) >= 11 is 0. The van der Waals surface area contributed by atoms with Crippen molar-refractivity contribution in [1.29, 1.82) is 0 Å². The lowest BCUT2D eigenvalue weighted by Crippen LogP contribution is -2.46. The molecule has 0 aliphatic carbocycles. The molecular weight excluding hydrogens is 274 g/mol. The number of piperazine rings is 1. The Morgan fingerprint density at radius 3 is 2.05 bits per heavy atom. The van der Waals surface area contributed by atoms with E-state index in [4.69, 9.17) is 5.11 Å². The highest BCUT2D eigenvalue weighted by Gasteiger charge is 2.16. The SMILES string of the molecule is OCCN1CCN(Cc2ccc(N3CCCCC3)cc2)CC1. The Balaban J connectivity index is 1.49. The first-order chi connectivity index (χ1) is 10.8. The van der Waals surface area contributed by atoms with Crippen molar-refractivity contribution in [2.24, 2.45) is 0 Å². The number of nitrogens with zero attached hydrogens (tertiary/aromatic N) is 3. The summed E-state index contributed by atoms with van der Waals surface area (Å²) in [5.74, 6) is 0. The number of aliphatic hydroxyl groups excluding tert-OH is 1. The molecule has 0 saturated carbocycles. The lowest BCUT2D eigenvalue weighted by atomic mass is 10.1. The van der Waals surface area contributed by atoms with E-state index in [1.165, 1.54) is 43.6 Å². The molecule has 0 radical (unpaired) electrons. The predicted molar refractivity (Wildman–Crippen MR) is 91.3 cm³/mol. The van der Waals surface area contributed by atoms with E-state index in [1.807, 2.05) is 0 Å². The standard InChI is InChI=1S/C18H29N3O/c22-15-14-19-10-12-20(13-11-19)16-17-4-6-18(7-5-17)21-8-2-1-3-9-21/h4-7,22H,1-3,8-16H2. The first-order valence-corrected chi connectivity index (χ1v) is 8.74. The van der Waals surface area contributed by atoms with Gasteiger partial charge < -0.3 is 10.0 Å². The van der Waals surface area contributed by atoms with Crippen LogP contribution in [0.1, 0.15) is 24.8 Å². The molecule has 4 nitrogen and oxygen atoms in total. The molecule has 1 N–H and O–H groups in total. The summed E-state index contributed by atoms with van der Waals surface area (Å²) in [6.07, 6.45) is 4.05. The molecule has 22 heavy (non-hydrogen) atoms. The van der Waals surface area contributed by atoms with Crippen LogP contribution >= 0.6 is 0 Å². The van der Waals surface area contributed by atoms with Gasteiger partial charge in [-0.05, 0) is 37.0 Å². The summed E-state index contributed by atoms with van der Waals surface area (Å²) in [4.78, 5) is 7.38. The van der Waals surface area contributed by atoms with E-state index in [-0.39, 0.29) is 6.61 Å². The minimum Gasteiger partial charge on any atom is -0.395 e. The second-order valence-corrected chi connectivity index (χ2v) is 6.56. The van der Waals surface area contributed by atoms with E-state index in [9.17, 15) is 0 Å². The molecule has 1 aromatic carbocycles. The van der Waals surface area contributed by atoms with Crippen LogP contribution in [0.25, 0.3) is 0 Å². The van der Waals surface area contributed by atoms with Gasteiger partial charge in [0, 0.05) is 58.0 Å². The summed E-state index contributed by atoms with van der Waals surface area (Å²) in [6, 6.07) is 9.18. The van der Waals surface area contributed by atoms with Crippen molar-refractivity contribution in [2.45, 2.75) is 25.8 Å². The third-order valence-corrected chi connectivity index (χ3v) is 4.94. The first kappa shape index (κ1) is 15.8. The molecule has 0 spiro atoms. The zero-order chi connectivity index (χ0) is 15.2. The predicted octanol–water partition coefficient (Wildman–Crippen LogP) is 1.79. The molecule has 0 atom stereocenters. The topological polar surface area (TPSA) is 30.0 Å². The molecule has 0 unspecified atom stereocenters. The highest BCUT2D eigenvalue weighted by atomic mass is 16.3. The molecule has 0 aromatic heterocycles. The molecule has 2 aliphatic heterocycles. The third-order valence-electron chi connectivity index (χ3n) is 4.94. The largest absolute Gasteiger partial charge is 0.395 e. The number of hydrogen-bond donors (Lipinski definition) is 1. The van der Waals surface area contributed by atoms with Crippen molar-refractivity contribution in [3.63, 3.8) is 0 Å². The fourth-order valence-electron chi connectivity index (χ4n) is 3.53. The van der Waals surface area contributed by atoms with E-state index in [0.29, 0.717) is 0 Å². The average molecular weight is 303 g/mol. The monoisotopic (exact) mass is 303 g/mol. The molecule has 2 aliphatic rings. The molecule has 2 heterocycles. The van der Waals surface area contributed by atoms with Gasteiger partial charge in [-0.3, -0.25) is 9.80 Å². The van der Waals surface area contributed by atoms with Crippen LogP contribution in [0.5, 0.6) is 0 Å². The minimum atomic E-state index is 0.276. The number of benzene rings is 1.